The fraction of sp³-hybridized carbons (Fsp3) is 0. The minimum atomic E-state index is 0. The summed E-state index contributed by atoms with van der Waals surface area (Å²) in [5.41, 5.74) is 0. The first-order valence-electron chi connectivity index (χ1n) is 0.512. The molecule has 0 aliphatic heterocycles. The molecule has 0 saturated heterocycles. The van der Waals surface area contributed by atoms with E-state index in [0.29, 0.717) is 0 Å². The van der Waals surface area contributed by atoms with Crippen LogP contribution in [-0.2, 0) is 0 Å². The molecule has 16 valence electrons. The topological polar surface area (TPSA) is 23.8 Å². The van der Waals surface area contributed by atoms with Crippen molar-refractivity contribution < 1.29 is 29.6 Å². The molecule has 0 fully saturated rings. The second-order valence-corrected chi connectivity index (χ2v) is 0.387. The molecule has 0 saturated carbocycles. The minimum Gasteiger partial charge on any atom is -0.194 e. The number of nitrogens with zero attached hydrogens (tertiary/aromatic N) is 1. The summed E-state index contributed by atoms with van der Waals surface area (Å²) in [6.45, 7) is 0. The van der Waals surface area contributed by atoms with Crippen molar-refractivity contribution in [2.75, 3.05) is 0 Å². The van der Waals surface area contributed by atoms with E-state index in [1.54, 1.807) is 5.81 Å². The van der Waals surface area contributed by atoms with Gasteiger partial charge in [-0.25, -0.2) is 0 Å². The predicted octanol–water partition coefficient (Wildman–Crippen LogP) is -2.65. The molecule has 0 aromatic heterocycles. The van der Waals surface area contributed by atoms with Crippen molar-refractivity contribution in [3.05, 3.63) is 0 Å². The Kier molecular flexibility index (Phi) is 20.1. The Morgan fingerprint density at radius 3 is 1.75 bits per heavy atom. The third kappa shape index (κ3) is 12.7. The SMILES string of the molecule is N#CP.[Na+]. The molecule has 4 heavy (non-hydrogen) atoms. The van der Waals surface area contributed by atoms with Crippen molar-refractivity contribution >= 4 is 9.24 Å². The largest absolute Gasteiger partial charge is 1.00 e. The molecule has 0 radical (unpaired) electrons. The summed E-state index contributed by atoms with van der Waals surface area (Å²) in [6.07, 6.45) is 0. The van der Waals surface area contributed by atoms with Gasteiger partial charge < -0.3 is 0 Å². The van der Waals surface area contributed by atoms with Crippen LogP contribution in [0.3, 0.4) is 0 Å². The van der Waals surface area contributed by atoms with Crippen LogP contribution in [0.15, 0.2) is 0 Å². The Hall–Kier alpha value is 0.920. The van der Waals surface area contributed by atoms with E-state index < -0.39 is 0 Å². The third-order valence-electron chi connectivity index (χ3n) is 0. The van der Waals surface area contributed by atoms with Crippen LogP contribution in [0.1, 0.15) is 0 Å². The molecule has 0 aliphatic rings. The molecular weight excluding hydrogens is 80.0 g/mol. The van der Waals surface area contributed by atoms with Gasteiger partial charge in [0.1, 0.15) is 0 Å². The number of hydrogen-bond acceptors (Lipinski definition) is 1. The van der Waals surface area contributed by atoms with E-state index >= 15 is 0 Å². The second-order valence-electron chi connectivity index (χ2n) is 0.129. The third-order valence-corrected chi connectivity index (χ3v) is 0. The number of rotatable bonds is 0. The van der Waals surface area contributed by atoms with Gasteiger partial charge in [-0.3, -0.25) is 0 Å². The smallest absolute Gasteiger partial charge is 0.194 e. The Morgan fingerprint density at radius 1 is 1.75 bits per heavy atom. The van der Waals surface area contributed by atoms with Gasteiger partial charge in [-0.15, -0.1) is 0 Å². The van der Waals surface area contributed by atoms with E-state index in [4.69, 9.17) is 5.26 Å². The molecule has 0 heterocycles. The molecule has 1 nitrogen and oxygen atoms in total. The van der Waals surface area contributed by atoms with Gasteiger partial charge in [0, 0.05) is 0 Å². The van der Waals surface area contributed by atoms with Crippen LogP contribution in [0, 0.1) is 11.1 Å². The maximum Gasteiger partial charge on any atom is 1.00 e. The van der Waals surface area contributed by atoms with Crippen molar-refractivity contribution in [3.63, 3.8) is 0 Å². The van der Waals surface area contributed by atoms with Crippen molar-refractivity contribution in [1.29, 1.82) is 5.26 Å². The van der Waals surface area contributed by atoms with Crippen LogP contribution in [0.25, 0.3) is 0 Å². The van der Waals surface area contributed by atoms with Gasteiger partial charge in [0.25, 0.3) is 0 Å². The van der Waals surface area contributed by atoms with Crippen molar-refractivity contribution in [2.24, 2.45) is 0 Å². The molecule has 0 aromatic rings. The molecular formula is CH2NNaP+. The zero-order valence-electron chi connectivity index (χ0n) is 2.52. The summed E-state index contributed by atoms with van der Waals surface area (Å²) in [5.74, 6) is 1.67. The number of nitriles is 1. The van der Waals surface area contributed by atoms with Crippen LogP contribution in [0.5, 0.6) is 0 Å². The van der Waals surface area contributed by atoms with Crippen LogP contribution < -0.4 is 29.6 Å². The molecule has 1 atom stereocenters. The average Bonchev–Trinajstić information content (AvgIpc) is 0.918. The normalized spacial score (nSPS) is 2.00. The van der Waals surface area contributed by atoms with E-state index in [2.05, 4.69) is 0 Å². The fourth-order valence-corrected chi connectivity index (χ4v) is 0. The van der Waals surface area contributed by atoms with Crippen LogP contribution in [0.4, 0.5) is 0 Å². The van der Waals surface area contributed by atoms with Gasteiger partial charge in [-0.05, 0) is 9.24 Å². The van der Waals surface area contributed by atoms with Gasteiger partial charge in [0.2, 0.25) is 0 Å². The monoisotopic (exact) mass is 82.0 g/mol. The van der Waals surface area contributed by atoms with Gasteiger partial charge in [-0.1, -0.05) is 0 Å². The van der Waals surface area contributed by atoms with Crippen molar-refractivity contribution in [2.45, 2.75) is 0 Å². The van der Waals surface area contributed by atoms with E-state index in [1.807, 2.05) is 9.24 Å². The first-order chi connectivity index (χ1) is 1.41. The predicted molar refractivity (Wildman–Crippen MR) is 15.3 cm³/mol. The maximum absolute atomic E-state index is 7.28. The van der Waals surface area contributed by atoms with Crippen LogP contribution in [0.2, 0.25) is 0 Å². The molecule has 0 amide bonds. The molecule has 0 N–H and O–H groups in total. The van der Waals surface area contributed by atoms with E-state index in [0.717, 1.165) is 0 Å². The summed E-state index contributed by atoms with van der Waals surface area (Å²) >= 11 is 0. The van der Waals surface area contributed by atoms with Crippen LogP contribution in [-0.4, -0.2) is 0 Å². The maximum atomic E-state index is 7.28. The van der Waals surface area contributed by atoms with Crippen molar-refractivity contribution in [1.82, 2.24) is 0 Å². The van der Waals surface area contributed by atoms with E-state index in [-0.39, 0.29) is 29.6 Å². The molecule has 3 heteroatoms. The van der Waals surface area contributed by atoms with Gasteiger partial charge in [0.05, 0.1) is 5.81 Å². The average molecular weight is 82.0 g/mol. The van der Waals surface area contributed by atoms with E-state index in [9.17, 15) is 0 Å². The van der Waals surface area contributed by atoms with Gasteiger partial charge >= 0.3 is 29.6 Å². The summed E-state index contributed by atoms with van der Waals surface area (Å²) < 4.78 is 0. The Bertz CT molecular complexity index is 29.5. The zero-order valence-corrected chi connectivity index (χ0v) is 5.68. The Balaban J connectivity index is 0. The summed E-state index contributed by atoms with van der Waals surface area (Å²) in [6, 6.07) is 0. The van der Waals surface area contributed by atoms with E-state index in [1.165, 1.54) is 0 Å². The summed E-state index contributed by atoms with van der Waals surface area (Å²) in [7, 11) is 1.88. The Labute approximate surface area is 49.9 Å². The first-order valence-corrected chi connectivity index (χ1v) is 1.09. The van der Waals surface area contributed by atoms with Crippen molar-refractivity contribution in [3.8, 4) is 5.81 Å². The summed E-state index contributed by atoms with van der Waals surface area (Å²) in [5, 5.41) is 7.28. The fourth-order valence-electron chi connectivity index (χ4n) is 0. The molecule has 1 unspecified atom stereocenters. The summed E-state index contributed by atoms with van der Waals surface area (Å²) in [4.78, 5) is 0. The molecule has 0 bridgehead atoms. The molecule has 0 spiro atoms. The molecule has 0 aromatic carbocycles. The quantitative estimate of drug-likeness (QED) is 0.231. The van der Waals surface area contributed by atoms with Crippen LogP contribution >= 0.6 is 9.24 Å². The second kappa shape index (κ2) is 9.07. The zero-order chi connectivity index (χ0) is 2.71. The molecule has 0 rings (SSSR count). The minimum absolute atomic E-state index is 0. The first kappa shape index (κ1) is 8.87. The van der Waals surface area contributed by atoms with Gasteiger partial charge in [0.15, 0.2) is 0 Å². The van der Waals surface area contributed by atoms with Gasteiger partial charge in [-0.2, -0.15) is 5.26 Å². The number of hydrogen-bond donors (Lipinski definition) is 0. The standard InChI is InChI=1S/CH2NP.Na/c2-1-3;/h3H2;/q;+1. The molecule has 0 aliphatic carbocycles. The Morgan fingerprint density at radius 2 is 1.75 bits per heavy atom.